The molecule has 3 saturated carbocycles. The van der Waals surface area contributed by atoms with Crippen molar-refractivity contribution >= 4 is 32.7 Å². The van der Waals surface area contributed by atoms with Crippen molar-refractivity contribution in [2.45, 2.75) is 87.6 Å². The van der Waals surface area contributed by atoms with Gasteiger partial charge in [-0.05, 0) is 74.6 Å². The number of halogens is 3. The topological polar surface area (TPSA) is 80.5 Å². The number of nitrogens with one attached hydrogen (secondary N) is 1. The highest BCUT2D eigenvalue weighted by Gasteiger charge is 2.47. The van der Waals surface area contributed by atoms with Gasteiger partial charge < -0.3 is 19.5 Å². The zero-order valence-electron chi connectivity index (χ0n) is 23.6. The van der Waals surface area contributed by atoms with Gasteiger partial charge in [0, 0.05) is 41.7 Å². The minimum Gasteiger partial charge on any atom is -0.465 e. The second kappa shape index (κ2) is 10.1. The van der Waals surface area contributed by atoms with Crippen molar-refractivity contribution in [3.8, 4) is 11.3 Å². The number of anilines is 1. The number of methoxy groups -OCH3 is 1. The van der Waals surface area contributed by atoms with E-state index in [0.29, 0.717) is 35.9 Å². The molecule has 2 bridgehead atoms. The molecule has 224 valence electrons. The Labute approximate surface area is 250 Å². The first kappa shape index (κ1) is 27.1. The summed E-state index contributed by atoms with van der Waals surface area (Å²) in [6, 6.07) is 10.4. The SMILES string of the molecule is COC(=O)c1cc(C2CC2)c2nc(N3C4CC(NCc5c(-c6ccccc6C(F)(F)F)noc5C5CC5)CC3C4)sc2c1. The Hall–Kier alpha value is -3.44. The highest BCUT2D eigenvalue weighted by atomic mass is 32.1. The van der Waals surface area contributed by atoms with Crippen LogP contribution in [0.2, 0.25) is 0 Å². The van der Waals surface area contributed by atoms with Crippen molar-refractivity contribution in [2.75, 3.05) is 12.0 Å². The number of alkyl halides is 3. The average molecular weight is 609 g/mol. The second-order valence-electron chi connectivity index (χ2n) is 12.4. The predicted molar refractivity (Wildman–Crippen MR) is 156 cm³/mol. The average Bonchev–Trinajstić information content (AvgIpc) is 3.93. The van der Waals surface area contributed by atoms with Gasteiger partial charge in [-0.1, -0.05) is 34.7 Å². The van der Waals surface area contributed by atoms with Gasteiger partial charge in [-0.15, -0.1) is 0 Å². The molecule has 2 aliphatic heterocycles. The summed E-state index contributed by atoms with van der Waals surface area (Å²) in [6.45, 7) is 0.420. The normalized spacial score (nSPS) is 23.4. The lowest BCUT2D eigenvalue weighted by Gasteiger charge is -2.55. The smallest absolute Gasteiger partial charge is 0.417 e. The Morgan fingerprint density at radius 1 is 1.09 bits per heavy atom. The molecule has 2 saturated heterocycles. The third-order valence-corrected chi connectivity index (χ3v) is 10.5. The van der Waals surface area contributed by atoms with E-state index in [1.54, 1.807) is 17.4 Å². The quantitative estimate of drug-likeness (QED) is 0.209. The maximum atomic E-state index is 13.8. The van der Waals surface area contributed by atoms with Crippen molar-refractivity contribution in [3.05, 3.63) is 64.4 Å². The Morgan fingerprint density at radius 2 is 1.84 bits per heavy atom. The molecule has 5 aliphatic rings. The fourth-order valence-electron chi connectivity index (χ4n) is 7.00. The van der Waals surface area contributed by atoms with Gasteiger partial charge in [-0.3, -0.25) is 0 Å². The molecule has 7 nitrogen and oxygen atoms in total. The summed E-state index contributed by atoms with van der Waals surface area (Å²) in [4.78, 5) is 19.8. The molecule has 5 fully saturated rings. The van der Waals surface area contributed by atoms with Crippen LogP contribution in [0.5, 0.6) is 0 Å². The van der Waals surface area contributed by atoms with E-state index >= 15 is 0 Å². The van der Waals surface area contributed by atoms with Crippen LogP contribution in [0.1, 0.15) is 89.6 Å². The maximum absolute atomic E-state index is 13.8. The number of carbonyl (C=O) groups excluding carboxylic acids is 1. The van der Waals surface area contributed by atoms with Crippen LogP contribution in [0.25, 0.3) is 21.5 Å². The van der Waals surface area contributed by atoms with E-state index in [4.69, 9.17) is 14.2 Å². The number of esters is 1. The van der Waals surface area contributed by atoms with Gasteiger partial charge >= 0.3 is 12.1 Å². The number of benzene rings is 2. The molecule has 1 N–H and O–H groups in total. The summed E-state index contributed by atoms with van der Waals surface area (Å²) in [6.07, 6.45) is 2.65. The van der Waals surface area contributed by atoms with E-state index in [0.717, 1.165) is 77.5 Å². The first-order chi connectivity index (χ1) is 20.8. The number of aromatic nitrogens is 2. The highest BCUT2D eigenvalue weighted by molar-refractivity contribution is 7.22. The van der Waals surface area contributed by atoms with Crippen LogP contribution in [-0.2, 0) is 17.5 Å². The van der Waals surface area contributed by atoms with Gasteiger partial charge in [0.2, 0.25) is 0 Å². The van der Waals surface area contributed by atoms with Gasteiger partial charge in [-0.25, -0.2) is 9.78 Å². The summed E-state index contributed by atoms with van der Waals surface area (Å²) in [5.41, 5.74) is 3.14. The number of hydrogen-bond donors (Lipinski definition) is 1. The minimum absolute atomic E-state index is 0.0666. The number of hydrogen-bond acceptors (Lipinski definition) is 8. The summed E-state index contributed by atoms with van der Waals surface area (Å²) < 4.78 is 53.2. The second-order valence-corrected chi connectivity index (χ2v) is 13.4. The fourth-order valence-corrected chi connectivity index (χ4v) is 8.19. The molecule has 4 heterocycles. The Morgan fingerprint density at radius 3 is 2.53 bits per heavy atom. The van der Waals surface area contributed by atoms with Gasteiger partial charge in [0.05, 0.1) is 28.5 Å². The zero-order chi connectivity index (χ0) is 29.5. The molecule has 11 heteroatoms. The lowest BCUT2D eigenvalue weighted by Crippen LogP contribution is -2.64. The molecular formula is C32H31F3N4O3S. The zero-order valence-corrected chi connectivity index (χ0v) is 24.4. The van der Waals surface area contributed by atoms with Crippen LogP contribution in [0.4, 0.5) is 18.3 Å². The number of carbonyl (C=O) groups is 1. The summed E-state index contributed by atoms with van der Waals surface area (Å²) >= 11 is 1.64. The summed E-state index contributed by atoms with van der Waals surface area (Å²) in [7, 11) is 1.41. The monoisotopic (exact) mass is 608 g/mol. The van der Waals surface area contributed by atoms with E-state index < -0.39 is 11.7 Å². The number of rotatable bonds is 8. The van der Waals surface area contributed by atoms with Crippen LogP contribution >= 0.6 is 11.3 Å². The lowest BCUT2D eigenvalue weighted by molar-refractivity contribution is -0.137. The predicted octanol–water partition coefficient (Wildman–Crippen LogP) is 7.41. The van der Waals surface area contributed by atoms with Crippen LogP contribution in [-0.4, -0.2) is 41.3 Å². The van der Waals surface area contributed by atoms with Gasteiger partial charge in [0.15, 0.2) is 5.13 Å². The molecule has 0 amide bonds. The van der Waals surface area contributed by atoms with E-state index in [-0.39, 0.29) is 29.2 Å². The Kier molecular flexibility index (Phi) is 6.34. The van der Waals surface area contributed by atoms with E-state index in [1.165, 1.54) is 19.2 Å². The molecule has 0 spiro atoms. The molecular weight excluding hydrogens is 577 g/mol. The van der Waals surface area contributed by atoms with Crippen molar-refractivity contribution in [1.82, 2.24) is 15.5 Å². The largest absolute Gasteiger partial charge is 0.465 e. The number of fused-ring (bicyclic) bond motifs is 3. The summed E-state index contributed by atoms with van der Waals surface area (Å²) in [5.74, 6) is 1.08. The molecule has 2 unspecified atom stereocenters. The number of piperidine rings is 1. The number of nitrogens with zero attached hydrogens (tertiary/aromatic N) is 3. The molecule has 2 aromatic heterocycles. The molecule has 3 aliphatic carbocycles. The number of ether oxygens (including phenoxy) is 1. The van der Waals surface area contributed by atoms with Crippen LogP contribution in [0.15, 0.2) is 40.9 Å². The third-order valence-electron chi connectivity index (χ3n) is 9.44. The first-order valence-corrected chi connectivity index (χ1v) is 15.8. The maximum Gasteiger partial charge on any atom is 0.417 e. The van der Waals surface area contributed by atoms with Gasteiger partial charge in [0.25, 0.3) is 0 Å². The standard InChI is InChI=1S/C32H31F3N4O3S/c1-41-30(40)18-10-23(16-6-7-16)28-26(11-18)43-31(37-28)39-20-12-19(13-21(39)14-20)36-15-24-27(38-42-29(24)17-8-9-17)22-4-2-3-5-25(22)32(33,34)35/h2-5,10-11,16-17,19-21,36H,6-9,12-15H2,1H3. The summed E-state index contributed by atoms with van der Waals surface area (Å²) in [5, 5.41) is 8.83. The fraction of sp³-hybridized carbons (Fsp3) is 0.469. The van der Waals surface area contributed by atoms with Crippen molar-refractivity contribution in [1.29, 1.82) is 0 Å². The molecule has 2 atom stereocenters. The van der Waals surface area contributed by atoms with E-state index in [2.05, 4.69) is 15.4 Å². The Balaban J connectivity index is 1.01. The van der Waals surface area contributed by atoms with Crippen molar-refractivity contribution in [3.63, 3.8) is 0 Å². The van der Waals surface area contributed by atoms with E-state index in [9.17, 15) is 18.0 Å². The lowest BCUT2D eigenvalue weighted by atomic mass is 9.77. The molecule has 0 radical (unpaired) electrons. The van der Waals surface area contributed by atoms with Gasteiger partial charge in [0.1, 0.15) is 11.5 Å². The third kappa shape index (κ3) is 4.81. The van der Waals surface area contributed by atoms with Crippen molar-refractivity contribution < 1.29 is 27.2 Å². The highest BCUT2D eigenvalue weighted by Crippen LogP contribution is 2.49. The van der Waals surface area contributed by atoms with Gasteiger partial charge in [-0.2, -0.15) is 13.2 Å². The van der Waals surface area contributed by atoms with Crippen molar-refractivity contribution in [2.24, 2.45) is 0 Å². The van der Waals surface area contributed by atoms with E-state index in [1.807, 2.05) is 12.1 Å². The van der Waals surface area contributed by atoms with Crippen LogP contribution in [0.3, 0.4) is 0 Å². The minimum atomic E-state index is -4.48. The number of thiazole rings is 1. The molecule has 9 rings (SSSR count). The first-order valence-electron chi connectivity index (χ1n) is 15.0. The van der Waals surface area contributed by atoms with Crippen LogP contribution < -0.4 is 10.2 Å². The van der Waals surface area contributed by atoms with Crippen LogP contribution in [0, 0.1) is 0 Å². The molecule has 4 aromatic rings. The molecule has 43 heavy (non-hydrogen) atoms. The molecule has 2 aromatic carbocycles. The Bertz CT molecular complexity index is 1710.